The molecule has 2 fully saturated rings. The molecule has 1 aliphatic carbocycles. The maximum atomic E-state index is 12.9. The molecule has 1 N–H and O–H groups in total. The number of likely N-dealkylation sites (tertiary alicyclic amines) is 1. The Morgan fingerprint density at radius 1 is 1.07 bits per heavy atom. The summed E-state index contributed by atoms with van der Waals surface area (Å²) in [5.41, 5.74) is 4.48. The van der Waals surface area contributed by atoms with Gasteiger partial charge in [0.2, 0.25) is 0 Å². The van der Waals surface area contributed by atoms with Crippen LogP contribution in [0.15, 0.2) is 48.5 Å². The monoisotopic (exact) mass is 409 g/mol. The third-order valence-corrected chi connectivity index (χ3v) is 6.07. The SMILES string of the molecule is CC1(C)OC2CN(C(=O)OCC3c4ccccc4-c4ccccc43)C(C(=O)O)C2O1. The summed E-state index contributed by atoms with van der Waals surface area (Å²) < 4.78 is 17.1. The summed E-state index contributed by atoms with van der Waals surface area (Å²) in [7, 11) is 0. The van der Waals surface area contributed by atoms with Crippen LogP contribution in [0.2, 0.25) is 0 Å². The molecule has 3 unspecified atom stereocenters. The van der Waals surface area contributed by atoms with E-state index in [1.165, 1.54) is 4.90 Å². The van der Waals surface area contributed by atoms with Crippen molar-refractivity contribution < 1.29 is 28.9 Å². The number of carbonyl (C=O) groups is 2. The van der Waals surface area contributed by atoms with Crippen molar-refractivity contribution in [3.05, 3.63) is 59.7 Å². The summed E-state index contributed by atoms with van der Waals surface area (Å²) in [6.07, 6.45) is -1.86. The topological polar surface area (TPSA) is 85.3 Å². The van der Waals surface area contributed by atoms with Crippen molar-refractivity contribution in [1.82, 2.24) is 4.90 Å². The van der Waals surface area contributed by atoms with Gasteiger partial charge in [0.15, 0.2) is 11.8 Å². The lowest BCUT2D eigenvalue weighted by atomic mass is 9.98. The van der Waals surface area contributed by atoms with Crippen molar-refractivity contribution in [3.8, 4) is 11.1 Å². The number of hydrogen-bond donors (Lipinski definition) is 1. The molecule has 2 aromatic rings. The number of carboxylic acids is 1. The largest absolute Gasteiger partial charge is 0.480 e. The van der Waals surface area contributed by atoms with E-state index in [1.54, 1.807) is 13.8 Å². The Bertz CT molecular complexity index is 973. The smallest absolute Gasteiger partial charge is 0.410 e. The minimum absolute atomic E-state index is 0.0850. The van der Waals surface area contributed by atoms with E-state index >= 15 is 0 Å². The highest BCUT2D eigenvalue weighted by Crippen LogP contribution is 2.44. The van der Waals surface area contributed by atoms with Gasteiger partial charge in [-0.25, -0.2) is 9.59 Å². The van der Waals surface area contributed by atoms with Crippen molar-refractivity contribution in [2.24, 2.45) is 0 Å². The fraction of sp³-hybridized carbons (Fsp3) is 0.391. The first kappa shape index (κ1) is 19.1. The van der Waals surface area contributed by atoms with Gasteiger partial charge < -0.3 is 19.3 Å². The first-order valence-corrected chi connectivity index (χ1v) is 10.1. The van der Waals surface area contributed by atoms with E-state index in [-0.39, 0.29) is 19.1 Å². The standard InChI is InChI=1S/C23H23NO6/c1-23(2)29-18-11-24(19(21(25)26)20(18)30-23)22(27)28-12-17-15-9-5-3-7-13(15)14-8-4-6-10-16(14)17/h3-10,17-20H,11-12H2,1-2H3,(H,25,26). The zero-order valence-electron chi connectivity index (χ0n) is 16.8. The molecule has 5 rings (SSSR count). The van der Waals surface area contributed by atoms with Gasteiger partial charge in [-0.05, 0) is 36.1 Å². The van der Waals surface area contributed by atoms with Crippen molar-refractivity contribution >= 4 is 12.1 Å². The fourth-order valence-electron chi connectivity index (χ4n) is 4.90. The molecule has 0 bridgehead atoms. The minimum Gasteiger partial charge on any atom is -0.480 e. The Morgan fingerprint density at radius 3 is 2.27 bits per heavy atom. The van der Waals surface area contributed by atoms with Crippen LogP contribution in [0.3, 0.4) is 0 Å². The van der Waals surface area contributed by atoms with Crippen molar-refractivity contribution in [2.45, 2.75) is 43.8 Å². The second-order valence-corrected chi connectivity index (χ2v) is 8.38. The van der Waals surface area contributed by atoms with Gasteiger partial charge in [-0.3, -0.25) is 4.90 Å². The highest BCUT2D eigenvalue weighted by atomic mass is 16.8. The van der Waals surface area contributed by atoms with Crippen molar-refractivity contribution in [2.75, 3.05) is 13.2 Å². The molecule has 2 heterocycles. The molecular formula is C23H23NO6. The summed E-state index contributed by atoms with van der Waals surface area (Å²) in [4.78, 5) is 25.9. The van der Waals surface area contributed by atoms with Crippen LogP contribution in [0, 0.1) is 0 Å². The maximum absolute atomic E-state index is 12.9. The highest BCUT2D eigenvalue weighted by Gasteiger charge is 2.57. The lowest BCUT2D eigenvalue weighted by molar-refractivity contribution is -0.168. The zero-order valence-corrected chi connectivity index (χ0v) is 16.8. The Hall–Kier alpha value is -2.90. The molecule has 3 aliphatic rings. The predicted octanol–water partition coefficient (Wildman–Crippen LogP) is 3.22. The molecule has 156 valence electrons. The number of fused-ring (bicyclic) bond motifs is 4. The second-order valence-electron chi connectivity index (χ2n) is 8.38. The van der Waals surface area contributed by atoms with Crippen LogP contribution in [-0.2, 0) is 19.0 Å². The van der Waals surface area contributed by atoms with Gasteiger partial charge in [0.05, 0.1) is 6.54 Å². The third-order valence-electron chi connectivity index (χ3n) is 6.07. The molecule has 0 aromatic heterocycles. The van der Waals surface area contributed by atoms with Gasteiger partial charge >= 0.3 is 12.1 Å². The normalized spacial score (nSPS) is 26.2. The molecule has 7 heteroatoms. The van der Waals surface area contributed by atoms with E-state index in [1.807, 2.05) is 36.4 Å². The van der Waals surface area contributed by atoms with E-state index in [4.69, 9.17) is 14.2 Å². The van der Waals surface area contributed by atoms with Gasteiger partial charge in [0.25, 0.3) is 0 Å². The molecule has 2 aliphatic heterocycles. The van der Waals surface area contributed by atoms with E-state index in [2.05, 4.69) is 12.1 Å². The summed E-state index contributed by atoms with van der Waals surface area (Å²) in [5, 5.41) is 9.70. The van der Waals surface area contributed by atoms with Gasteiger partial charge in [-0.1, -0.05) is 48.5 Å². The van der Waals surface area contributed by atoms with Gasteiger partial charge in [-0.2, -0.15) is 0 Å². The number of aliphatic carboxylic acids is 1. The average molecular weight is 409 g/mol. The van der Waals surface area contributed by atoms with E-state index in [9.17, 15) is 14.7 Å². The summed E-state index contributed by atoms with van der Waals surface area (Å²) in [5.74, 6) is -2.08. The number of nitrogens with zero attached hydrogens (tertiary/aromatic N) is 1. The quantitative estimate of drug-likeness (QED) is 0.838. The Labute approximate surface area is 174 Å². The first-order valence-electron chi connectivity index (χ1n) is 10.1. The number of carboxylic acid groups (broad SMARTS) is 1. The Balaban J connectivity index is 1.34. The predicted molar refractivity (Wildman–Crippen MR) is 107 cm³/mol. The third kappa shape index (κ3) is 2.97. The van der Waals surface area contributed by atoms with Gasteiger partial charge in [-0.15, -0.1) is 0 Å². The first-order chi connectivity index (χ1) is 14.4. The van der Waals surface area contributed by atoms with Crippen LogP contribution in [0.4, 0.5) is 4.79 Å². The van der Waals surface area contributed by atoms with Crippen molar-refractivity contribution in [3.63, 3.8) is 0 Å². The second kappa shape index (κ2) is 6.82. The van der Waals surface area contributed by atoms with E-state index in [0.717, 1.165) is 22.3 Å². The lowest BCUT2D eigenvalue weighted by Crippen LogP contribution is -2.47. The zero-order chi connectivity index (χ0) is 21.0. The maximum Gasteiger partial charge on any atom is 0.410 e. The molecule has 7 nitrogen and oxygen atoms in total. The number of amides is 1. The van der Waals surface area contributed by atoms with Crippen LogP contribution < -0.4 is 0 Å². The molecule has 3 atom stereocenters. The van der Waals surface area contributed by atoms with Crippen LogP contribution in [0.25, 0.3) is 11.1 Å². The minimum atomic E-state index is -1.13. The van der Waals surface area contributed by atoms with Crippen LogP contribution in [0.1, 0.15) is 30.9 Å². The molecule has 2 saturated heterocycles. The molecule has 0 radical (unpaired) electrons. The van der Waals surface area contributed by atoms with Crippen molar-refractivity contribution in [1.29, 1.82) is 0 Å². The Kier molecular flexibility index (Phi) is 4.34. The van der Waals surface area contributed by atoms with E-state index in [0.29, 0.717) is 0 Å². The molecule has 30 heavy (non-hydrogen) atoms. The molecule has 1 amide bonds. The number of carbonyl (C=O) groups excluding carboxylic acids is 1. The van der Waals surface area contributed by atoms with Gasteiger partial charge in [0, 0.05) is 5.92 Å². The number of rotatable bonds is 3. The molecule has 0 spiro atoms. The van der Waals surface area contributed by atoms with Crippen LogP contribution in [-0.4, -0.2) is 59.3 Å². The highest BCUT2D eigenvalue weighted by molar-refractivity contribution is 5.82. The average Bonchev–Trinajstić information content (AvgIpc) is 3.31. The van der Waals surface area contributed by atoms with Crippen LogP contribution in [0.5, 0.6) is 0 Å². The Morgan fingerprint density at radius 2 is 1.67 bits per heavy atom. The van der Waals surface area contributed by atoms with E-state index < -0.39 is 36.1 Å². The molecule has 0 saturated carbocycles. The molecular weight excluding hydrogens is 386 g/mol. The number of hydrogen-bond acceptors (Lipinski definition) is 5. The fourth-order valence-corrected chi connectivity index (χ4v) is 4.90. The van der Waals surface area contributed by atoms with Gasteiger partial charge in [0.1, 0.15) is 18.8 Å². The van der Waals surface area contributed by atoms with Crippen LogP contribution >= 0.6 is 0 Å². The lowest BCUT2D eigenvalue weighted by Gasteiger charge is -2.27. The summed E-state index contributed by atoms with van der Waals surface area (Å²) in [6, 6.07) is 15.0. The number of benzene rings is 2. The number of ether oxygens (including phenoxy) is 3. The summed E-state index contributed by atoms with van der Waals surface area (Å²) >= 11 is 0. The molecule has 2 aromatic carbocycles. The summed E-state index contributed by atoms with van der Waals surface area (Å²) in [6.45, 7) is 3.74.